The van der Waals surface area contributed by atoms with Gasteiger partial charge in [-0.15, -0.1) is 0 Å². The van der Waals surface area contributed by atoms with Gasteiger partial charge in [-0.25, -0.2) is 0 Å². The minimum Gasteiger partial charge on any atom is -0.353 e. The fourth-order valence-corrected chi connectivity index (χ4v) is 3.84. The highest BCUT2D eigenvalue weighted by Crippen LogP contribution is 2.35. The van der Waals surface area contributed by atoms with Gasteiger partial charge in [0.25, 0.3) is 0 Å². The zero-order valence-corrected chi connectivity index (χ0v) is 11.2. The minimum absolute atomic E-state index is 0.172. The van der Waals surface area contributed by atoms with Crippen molar-refractivity contribution in [3.8, 4) is 0 Å². The van der Waals surface area contributed by atoms with Crippen LogP contribution in [0.2, 0.25) is 0 Å². The standard InChI is InChI=1S/C15H27NO/c1-12(17)16-15(13-8-4-2-5-9-13)14-10-6-3-7-11-14/h13-15H,2-11H2,1H3,(H,16,17). The number of amides is 1. The van der Waals surface area contributed by atoms with E-state index in [1.54, 1.807) is 6.92 Å². The Labute approximate surface area is 106 Å². The predicted molar refractivity (Wildman–Crippen MR) is 70.8 cm³/mol. The smallest absolute Gasteiger partial charge is 0.217 e. The molecule has 98 valence electrons. The van der Waals surface area contributed by atoms with E-state index < -0.39 is 0 Å². The lowest BCUT2D eigenvalue weighted by atomic mass is 9.74. The highest BCUT2D eigenvalue weighted by atomic mass is 16.1. The fourth-order valence-electron chi connectivity index (χ4n) is 3.84. The Hall–Kier alpha value is -0.530. The molecule has 2 saturated carbocycles. The van der Waals surface area contributed by atoms with Crippen molar-refractivity contribution in [2.75, 3.05) is 0 Å². The van der Waals surface area contributed by atoms with E-state index in [0.717, 1.165) is 11.8 Å². The van der Waals surface area contributed by atoms with Crippen LogP contribution >= 0.6 is 0 Å². The lowest BCUT2D eigenvalue weighted by Gasteiger charge is -2.38. The van der Waals surface area contributed by atoms with E-state index in [-0.39, 0.29) is 5.91 Å². The summed E-state index contributed by atoms with van der Waals surface area (Å²) in [6, 6.07) is 0.480. The molecule has 0 atom stereocenters. The summed E-state index contributed by atoms with van der Waals surface area (Å²) in [6.45, 7) is 1.68. The van der Waals surface area contributed by atoms with Crippen molar-refractivity contribution in [3.63, 3.8) is 0 Å². The molecule has 0 saturated heterocycles. The van der Waals surface area contributed by atoms with Gasteiger partial charge in [0.15, 0.2) is 0 Å². The zero-order chi connectivity index (χ0) is 12.1. The van der Waals surface area contributed by atoms with Crippen LogP contribution in [-0.4, -0.2) is 11.9 Å². The molecule has 2 aliphatic carbocycles. The van der Waals surface area contributed by atoms with E-state index in [9.17, 15) is 4.79 Å². The maximum atomic E-state index is 11.4. The second-order valence-corrected chi connectivity index (χ2v) is 6.02. The first-order valence-corrected chi connectivity index (χ1v) is 7.54. The van der Waals surface area contributed by atoms with Crippen molar-refractivity contribution in [2.45, 2.75) is 77.2 Å². The number of carbonyl (C=O) groups excluding carboxylic acids is 1. The SMILES string of the molecule is CC(=O)NC(C1CCCCC1)C1CCCCC1. The molecule has 0 aromatic heterocycles. The van der Waals surface area contributed by atoms with Crippen LogP contribution in [0.1, 0.15) is 71.1 Å². The highest BCUT2D eigenvalue weighted by molar-refractivity contribution is 5.73. The van der Waals surface area contributed by atoms with Crippen molar-refractivity contribution < 1.29 is 4.79 Å². The van der Waals surface area contributed by atoms with Gasteiger partial charge < -0.3 is 5.32 Å². The minimum atomic E-state index is 0.172. The summed E-state index contributed by atoms with van der Waals surface area (Å²) in [4.78, 5) is 11.4. The topological polar surface area (TPSA) is 29.1 Å². The second kappa shape index (κ2) is 6.42. The average Bonchev–Trinajstić information content (AvgIpc) is 2.38. The molecule has 1 amide bonds. The Morgan fingerprint density at radius 1 is 0.882 bits per heavy atom. The molecule has 1 N–H and O–H groups in total. The van der Waals surface area contributed by atoms with Gasteiger partial charge in [-0.3, -0.25) is 4.79 Å². The summed E-state index contributed by atoms with van der Waals surface area (Å²) in [5.41, 5.74) is 0. The third-order valence-corrected chi connectivity index (χ3v) is 4.69. The molecule has 17 heavy (non-hydrogen) atoms. The third kappa shape index (κ3) is 3.72. The van der Waals surface area contributed by atoms with Gasteiger partial charge in [-0.2, -0.15) is 0 Å². The van der Waals surface area contributed by atoms with E-state index >= 15 is 0 Å². The first-order chi connectivity index (χ1) is 8.27. The molecule has 0 spiro atoms. The third-order valence-electron chi connectivity index (χ3n) is 4.69. The van der Waals surface area contributed by atoms with Crippen LogP contribution in [0.4, 0.5) is 0 Å². The molecule has 0 unspecified atom stereocenters. The Kier molecular flexibility index (Phi) is 4.87. The van der Waals surface area contributed by atoms with E-state index in [1.807, 2.05) is 0 Å². The Bertz CT molecular complexity index is 221. The average molecular weight is 237 g/mol. The number of carbonyl (C=O) groups is 1. The monoisotopic (exact) mass is 237 g/mol. The summed E-state index contributed by atoms with van der Waals surface area (Å²) < 4.78 is 0. The van der Waals surface area contributed by atoms with Gasteiger partial charge in [0, 0.05) is 13.0 Å². The molecular weight excluding hydrogens is 210 g/mol. The van der Waals surface area contributed by atoms with Gasteiger partial charge in [-0.05, 0) is 37.5 Å². The number of hydrogen-bond donors (Lipinski definition) is 1. The van der Waals surface area contributed by atoms with Crippen LogP contribution in [0, 0.1) is 11.8 Å². The number of rotatable bonds is 3. The van der Waals surface area contributed by atoms with Gasteiger partial charge in [0.1, 0.15) is 0 Å². The summed E-state index contributed by atoms with van der Waals surface area (Å²) in [5.74, 6) is 1.69. The van der Waals surface area contributed by atoms with E-state index in [2.05, 4.69) is 5.32 Å². The van der Waals surface area contributed by atoms with Crippen LogP contribution in [0.25, 0.3) is 0 Å². The molecular formula is C15H27NO. The second-order valence-electron chi connectivity index (χ2n) is 6.02. The van der Waals surface area contributed by atoms with Crippen LogP contribution < -0.4 is 5.32 Å². The van der Waals surface area contributed by atoms with Crippen molar-refractivity contribution in [2.24, 2.45) is 11.8 Å². The molecule has 0 aliphatic heterocycles. The molecule has 2 rings (SSSR count). The Morgan fingerprint density at radius 3 is 1.65 bits per heavy atom. The lowest BCUT2D eigenvalue weighted by Crippen LogP contribution is -2.45. The molecule has 2 nitrogen and oxygen atoms in total. The van der Waals surface area contributed by atoms with Gasteiger partial charge >= 0.3 is 0 Å². The molecule has 0 bridgehead atoms. The summed E-state index contributed by atoms with van der Waals surface area (Å²) >= 11 is 0. The van der Waals surface area contributed by atoms with Crippen LogP contribution in [0.5, 0.6) is 0 Å². The Balaban J connectivity index is 1.97. The van der Waals surface area contributed by atoms with Gasteiger partial charge in [0.2, 0.25) is 5.91 Å². The summed E-state index contributed by atoms with van der Waals surface area (Å²) in [6.07, 6.45) is 13.6. The van der Waals surface area contributed by atoms with E-state index in [1.165, 1.54) is 64.2 Å². The van der Waals surface area contributed by atoms with Gasteiger partial charge in [-0.1, -0.05) is 38.5 Å². The molecule has 2 heteroatoms. The summed E-state index contributed by atoms with van der Waals surface area (Å²) in [7, 11) is 0. The largest absolute Gasteiger partial charge is 0.353 e. The first kappa shape index (κ1) is 12.9. The Morgan fingerprint density at radius 2 is 1.29 bits per heavy atom. The van der Waals surface area contributed by atoms with Crippen LogP contribution in [0.15, 0.2) is 0 Å². The van der Waals surface area contributed by atoms with Crippen molar-refractivity contribution in [1.82, 2.24) is 5.32 Å². The van der Waals surface area contributed by atoms with Crippen molar-refractivity contribution in [3.05, 3.63) is 0 Å². The molecule has 2 fully saturated rings. The van der Waals surface area contributed by atoms with Crippen LogP contribution in [-0.2, 0) is 4.79 Å². The molecule has 0 radical (unpaired) electrons. The first-order valence-electron chi connectivity index (χ1n) is 7.54. The zero-order valence-electron chi connectivity index (χ0n) is 11.2. The fraction of sp³-hybridized carbons (Fsp3) is 0.933. The highest BCUT2D eigenvalue weighted by Gasteiger charge is 2.31. The van der Waals surface area contributed by atoms with Crippen molar-refractivity contribution in [1.29, 1.82) is 0 Å². The molecule has 0 heterocycles. The molecule has 0 aromatic carbocycles. The van der Waals surface area contributed by atoms with Crippen molar-refractivity contribution >= 4 is 5.91 Å². The van der Waals surface area contributed by atoms with Gasteiger partial charge in [0.05, 0.1) is 0 Å². The normalized spacial score (nSPS) is 23.9. The van der Waals surface area contributed by atoms with E-state index in [4.69, 9.17) is 0 Å². The van der Waals surface area contributed by atoms with E-state index in [0.29, 0.717) is 6.04 Å². The maximum Gasteiger partial charge on any atom is 0.217 e. The predicted octanol–water partition coefficient (Wildman–Crippen LogP) is 3.65. The molecule has 2 aliphatic rings. The number of hydrogen-bond acceptors (Lipinski definition) is 1. The maximum absolute atomic E-state index is 11.4. The lowest BCUT2D eigenvalue weighted by molar-refractivity contribution is -0.120. The quantitative estimate of drug-likeness (QED) is 0.797. The summed E-state index contributed by atoms with van der Waals surface area (Å²) in [5, 5.41) is 3.28. The molecule has 0 aromatic rings. The number of nitrogens with one attached hydrogen (secondary N) is 1. The van der Waals surface area contributed by atoms with Crippen LogP contribution in [0.3, 0.4) is 0 Å².